The quantitative estimate of drug-likeness (QED) is 0.535. The first kappa shape index (κ1) is 18.5. The van der Waals surface area contributed by atoms with Crippen LogP contribution in [0.4, 0.5) is 0 Å². The molecule has 0 radical (unpaired) electrons. The van der Waals surface area contributed by atoms with Gasteiger partial charge < -0.3 is 15.4 Å². The summed E-state index contributed by atoms with van der Waals surface area (Å²) in [6, 6.07) is 6.28. The zero-order valence-corrected chi connectivity index (χ0v) is 14.2. The summed E-state index contributed by atoms with van der Waals surface area (Å²) in [5.41, 5.74) is 2.52. The van der Waals surface area contributed by atoms with Gasteiger partial charge in [-0.3, -0.25) is 9.59 Å². The van der Waals surface area contributed by atoms with Crippen LogP contribution in [0.5, 0.6) is 0 Å². The SMILES string of the molecule is COCCNC(=O)CNC(=O)CCSc1ccc(C)c(C)c1. The van der Waals surface area contributed by atoms with Gasteiger partial charge in [0.1, 0.15) is 0 Å². The van der Waals surface area contributed by atoms with Crippen LogP contribution >= 0.6 is 11.8 Å². The van der Waals surface area contributed by atoms with Crippen LogP contribution in [0.15, 0.2) is 23.1 Å². The summed E-state index contributed by atoms with van der Waals surface area (Å²) in [7, 11) is 1.57. The van der Waals surface area contributed by atoms with Crippen molar-refractivity contribution >= 4 is 23.6 Å². The van der Waals surface area contributed by atoms with Crippen molar-refractivity contribution in [3.05, 3.63) is 29.3 Å². The molecule has 5 nitrogen and oxygen atoms in total. The lowest BCUT2D eigenvalue weighted by Crippen LogP contribution is -2.38. The molecule has 1 aromatic rings. The van der Waals surface area contributed by atoms with Crippen LogP contribution in [0.1, 0.15) is 17.5 Å². The first-order valence-corrected chi connectivity index (χ1v) is 8.24. The minimum Gasteiger partial charge on any atom is -0.383 e. The van der Waals surface area contributed by atoms with Crippen LogP contribution < -0.4 is 10.6 Å². The van der Waals surface area contributed by atoms with Crippen molar-refractivity contribution in [2.24, 2.45) is 0 Å². The summed E-state index contributed by atoms with van der Waals surface area (Å²) in [4.78, 5) is 24.2. The van der Waals surface area contributed by atoms with Gasteiger partial charge in [-0.05, 0) is 37.1 Å². The lowest BCUT2D eigenvalue weighted by Gasteiger charge is -2.07. The van der Waals surface area contributed by atoms with Crippen molar-refractivity contribution in [1.82, 2.24) is 10.6 Å². The predicted molar refractivity (Wildman–Crippen MR) is 89.2 cm³/mol. The third kappa shape index (κ3) is 7.47. The number of rotatable bonds is 9. The van der Waals surface area contributed by atoms with Crippen LogP contribution in [0.25, 0.3) is 0 Å². The van der Waals surface area contributed by atoms with Gasteiger partial charge in [-0.2, -0.15) is 0 Å². The van der Waals surface area contributed by atoms with Crippen molar-refractivity contribution in [3.8, 4) is 0 Å². The Bertz CT molecular complexity index is 506. The molecule has 1 aromatic carbocycles. The summed E-state index contributed by atoms with van der Waals surface area (Å²) in [5.74, 6) is 0.380. The molecule has 0 aromatic heterocycles. The van der Waals surface area contributed by atoms with Gasteiger partial charge in [0.2, 0.25) is 11.8 Å². The Morgan fingerprint density at radius 1 is 1.14 bits per heavy atom. The number of hydrogen-bond donors (Lipinski definition) is 2. The Morgan fingerprint density at radius 2 is 1.91 bits per heavy atom. The van der Waals surface area contributed by atoms with E-state index < -0.39 is 0 Å². The second-order valence-electron chi connectivity index (χ2n) is 4.96. The zero-order chi connectivity index (χ0) is 16.4. The van der Waals surface area contributed by atoms with Crippen molar-refractivity contribution in [3.63, 3.8) is 0 Å². The lowest BCUT2D eigenvalue weighted by molar-refractivity contribution is -0.125. The fraction of sp³-hybridized carbons (Fsp3) is 0.500. The number of thioether (sulfide) groups is 1. The van der Waals surface area contributed by atoms with E-state index in [0.29, 0.717) is 25.3 Å². The molecule has 6 heteroatoms. The molecule has 0 bridgehead atoms. The Kier molecular flexibility index (Phi) is 8.62. The average Bonchev–Trinajstić information content (AvgIpc) is 2.49. The Labute approximate surface area is 136 Å². The Morgan fingerprint density at radius 3 is 2.59 bits per heavy atom. The van der Waals surface area contributed by atoms with Gasteiger partial charge in [-0.15, -0.1) is 11.8 Å². The summed E-state index contributed by atoms with van der Waals surface area (Å²) >= 11 is 1.64. The van der Waals surface area contributed by atoms with Crippen LogP contribution in [-0.2, 0) is 14.3 Å². The second kappa shape index (κ2) is 10.2. The number of ether oxygens (including phenoxy) is 1. The number of nitrogens with one attached hydrogen (secondary N) is 2. The highest BCUT2D eigenvalue weighted by Gasteiger charge is 2.05. The molecule has 0 aliphatic rings. The molecule has 1 rings (SSSR count). The third-order valence-corrected chi connectivity index (χ3v) is 4.15. The van der Waals surface area contributed by atoms with Crippen molar-refractivity contribution < 1.29 is 14.3 Å². The molecule has 0 unspecified atom stereocenters. The van der Waals surface area contributed by atoms with Crippen LogP contribution in [0.2, 0.25) is 0 Å². The molecule has 0 saturated heterocycles. The number of carbonyl (C=O) groups is 2. The van der Waals surface area contributed by atoms with E-state index in [1.807, 2.05) is 0 Å². The minimum absolute atomic E-state index is 0.0108. The second-order valence-corrected chi connectivity index (χ2v) is 6.13. The van der Waals surface area contributed by atoms with Crippen LogP contribution in [-0.4, -0.2) is 44.4 Å². The van der Waals surface area contributed by atoms with Crippen molar-refractivity contribution in [2.45, 2.75) is 25.2 Å². The smallest absolute Gasteiger partial charge is 0.239 e. The van der Waals surface area contributed by atoms with Gasteiger partial charge in [-0.25, -0.2) is 0 Å². The van der Waals surface area contributed by atoms with E-state index in [9.17, 15) is 9.59 Å². The molecular formula is C16H24N2O3S. The molecule has 22 heavy (non-hydrogen) atoms. The van der Waals surface area contributed by atoms with E-state index in [0.717, 1.165) is 4.90 Å². The predicted octanol–water partition coefficient (Wildman–Crippen LogP) is 1.66. The summed E-state index contributed by atoms with van der Waals surface area (Å²) < 4.78 is 4.82. The maximum Gasteiger partial charge on any atom is 0.239 e. The fourth-order valence-electron chi connectivity index (χ4n) is 1.69. The molecule has 0 aliphatic carbocycles. The van der Waals surface area contributed by atoms with Gasteiger partial charge >= 0.3 is 0 Å². The number of aryl methyl sites for hydroxylation is 2. The minimum atomic E-state index is -0.202. The highest BCUT2D eigenvalue weighted by Crippen LogP contribution is 2.21. The van der Waals surface area contributed by atoms with Crippen molar-refractivity contribution in [1.29, 1.82) is 0 Å². The highest BCUT2D eigenvalue weighted by atomic mass is 32.2. The first-order chi connectivity index (χ1) is 10.5. The fourth-order valence-corrected chi connectivity index (χ4v) is 2.64. The van der Waals surface area contributed by atoms with Gasteiger partial charge in [0, 0.05) is 30.7 Å². The molecule has 122 valence electrons. The lowest BCUT2D eigenvalue weighted by atomic mass is 10.1. The highest BCUT2D eigenvalue weighted by molar-refractivity contribution is 7.99. The zero-order valence-electron chi connectivity index (χ0n) is 13.4. The van der Waals surface area contributed by atoms with E-state index in [1.165, 1.54) is 11.1 Å². The van der Waals surface area contributed by atoms with Gasteiger partial charge in [0.25, 0.3) is 0 Å². The van der Waals surface area contributed by atoms with Crippen molar-refractivity contribution in [2.75, 3.05) is 32.6 Å². The number of amides is 2. The average molecular weight is 324 g/mol. The number of hydrogen-bond acceptors (Lipinski definition) is 4. The van der Waals surface area contributed by atoms with Gasteiger partial charge in [0.15, 0.2) is 0 Å². The molecule has 0 fully saturated rings. The van der Waals surface area contributed by atoms with E-state index in [1.54, 1.807) is 18.9 Å². The molecule has 0 atom stereocenters. The number of methoxy groups -OCH3 is 1. The maximum atomic E-state index is 11.7. The summed E-state index contributed by atoms with van der Waals surface area (Å²) in [5, 5.41) is 5.26. The normalized spacial score (nSPS) is 10.3. The maximum absolute atomic E-state index is 11.7. The van der Waals surface area contributed by atoms with Crippen LogP contribution in [0.3, 0.4) is 0 Å². The largest absolute Gasteiger partial charge is 0.383 e. The van der Waals surface area contributed by atoms with Crippen LogP contribution in [0, 0.1) is 13.8 Å². The Hall–Kier alpha value is -1.53. The molecule has 0 spiro atoms. The number of carbonyl (C=O) groups excluding carboxylic acids is 2. The molecule has 2 amide bonds. The number of benzene rings is 1. The van der Waals surface area contributed by atoms with E-state index >= 15 is 0 Å². The third-order valence-electron chi connectivity index (χ3n) is 3.15. The molecule has 2 N–H and O–H groups in total. The molecule has 0 aliphatic heterocycles. The molecular weight excluding hydrogens is 300 g/mol. The summed E-state index contributed by atoms with van der Waals surface area (Å²) in [6.45, 7) is 5.08. The summed E-state index contributed by atoms with van der Waals surface area (Å²) in [6.07, 6.45) is 0.392. The monoisotopic (exact) mass is 324 g/mol. The van der Waals surface area contributed by atoms with Gasteiger partial charge in [-0.1, -0.05) is 6.07 Å². The topological polar surface area (TPSA) is 67.4 Å². The first-order valence-electron chi connectivity index (χ1n) is 7.25. The van der Waals surface area contributed by atoms with E-state index in [4.69, 9.17) is 4.74 Å². The molecule has 0 saturated carbocycles. The van der Waals surface area contributed by atoms with Gasteiger partial charge in [0.05, 0.1) is 13.2 Å². The van der Waals surface area contributed by atoms with E-state index in [-0.39, 0.29) is 18.4 Å². The Balaban J connectivity index is 2.17. The van der Waals surface area contributed by atoms with E-state index in [2.05, 4.69) is 42.7 Å². The standard InChI is InChI=1S/C16H24N2O3S/c1-12-4-5-14(10-13(12)2)22-9-6-15(19)18-11-16(20)17-7-8-21-3/h4-5,10H,6-9,11H2,1-3H3,(H,17,20)(H,18,19). The molecule has 0 heterocycles.